The molecular weight excluding hydrogens is 196 g/mol. The average Bonchev–Trinajstić information content (AvgIpc) is 2.69. The van der Waals surface area contributed by atoms with E-state index < -0.39 is 5.97 Å². The molecular formula is C9H10N4O2. The van der Waals surface area contributed by atoms with Gasteiger partial charge in [-0.15, -0.1) is 0 Å². The molecule has 0 atom stereocenters. The van der Waals surface area contributed by atoms with E-state index in [0.29, 0.717) is 17.0 Å². The summed E-state index contributed by atoms with van der Waals surface area (Å²) >= 11 is 0. The zero-order valence-electron chi connectivity index (χ0n) is 8.37. The number of hydrogen-bond donors (Lipinski definition) is 2. The Morgan fingerprint density at radius 1 is 1.60 bits per heavy atom. The van der Waals surface area contributed by atoms with E-state index in [1.54, 1.807) is 13.1 Å². The van der Waals surface area contributed by atoms with Gasteiger partial charge >= 0.3 is 5.97 Å². The van der Waals surface area contributed by atoms with Crippen LogP contribution in [-0.4, -0.2) is 35.3 Å². The summed E-state index contributed by atoms with van der Waals surface area (Å²) in [5, 5.41) is 10.4. The molecule has 15 heavy (non-hydrogen) atoms. The number of esters is 1. The molecule has 2 aromatic heterocycles. The first-order valence-electron chi connectivity index (χ1n) is 4.36. The van der Waals surface area contributed by atoms with Crippen LogP contribution in [-0.2, 0) is 4.74 Å². The minimum atomic E-state index is -0.410. The van der Waals surface area contributed by atoms with E-state index in [-0.39, 0.29) is 0 Å². The summed E-state index contributed by atoms with van der Waals surface area (Å²) in [5.41, 5.74) is 1.04. The van der Waals surface area contributed by atoms with Crippen molar-refractivity contribution in [1.82, 2.24) is 15.2 Å². The van der Waals surface area contributed by atoms with E-state index in [9.17, 15) is 4.79 Å². The fraction of sp³-hybridized carbons (Fsp3) is 0.222. The molecule has 0 aliphatic rings. The lowest BCUT2D eigenvalue weighted by atomic mass is 10.2. The van der Waals surface area contributed by atoms with E-state index in [4.69, 9.17) is 0 Å². The quantitative estimate of drug-likeness (QED) is 0.710. The molecule has 0 spiro atoms. The van der Waals surface area contributed by atoms with Crippen molar-refractivity contribution in [2.75, 3.05) is 19.5 Å². The van der Waals surface area contributed by atoms with Gasteiger partial charge in [-0.05, 0) is 6.07 Å². The van der Waals surface area contributed by atoms with Crippen LogP contribution in [0.1, 0.15) is 10.4 Å². The Morgan fingerprint density at radius 3 is 3.07 bits per heavy atom. The molecule has 0 fully saturated rings. The van der Waals surface area contributed by atoms with Gasteiger partial charge in [0.25, 0.3) is 0 Å². The number of aromatic amines is 1. The van der Waals surface area contributed by atoms with Gasteiger partial charge < -0.3 is 10.1 Å². The van der Waals surface area contributed by atoms with Crippen molar-refractivity contribution < 1.29 is 9.53 Å². The number of methoxy groups -OCH3 is 1. The first-order valence-corrected chi connectivity index (χ1v) is 4.36. The van der Waals surface area contributed by atoms with E-state index in [1.165, 1.54) is 13.3 Å². The summed E-state index contributed by atoms with van der Waals surface area (Å²) in [4.78, 5) is 15.3. The molecule has 0 radical (unpaired) electrons. The molecule has 6 heteroatoms. The van der Waals surface area contributed by atoms with Crippen molar-refractivity contribution in [3.8, 4) is 0 Å². The van der Waals surface area contributed by atoms with Crippen molar-refractivity contribution >= 4 is 22.8 Å². The third kappa shape index (κ3) is 1.50. The molecule has 2 heterocycles. The molecule has 0 saturated carbocycles. The third-order valence-corrected chi connectivity index (χ3v) is 2.07. The maximum absolute atomic E-state index is 11.3. The molecule has 78 valence electrons. The molecule has 6 nitrogen and oxygen atoms in total. The Labute approximate surface area is 85.6 Å². The summed E-state index contributed by atoms with van der Waals surface area (Å²) in [5.74, 6) is 0.246. The number of carbonyl (C=O) groups is 1. The van der Waals surface area contributed by atoms with E-state index >= 15 is 0 Å². The first-order chi connectivity index (χ1) is 7.26. The normalized spacial score (nSPS) is 10.3. The largest absolute Gasteiger partial charge is 0.465 e. The lowest BCUT2D eigenvalue weighted by molar-refractivity contribution is 0.0600. The molecule has 0 aromatic carbocycles. The number of nitrogens with zero attached hydrogens (tertiary/aromatic N) is 2. The summed E-state index contributed by atoms with van der Waals surface area (Å²) in [6, 6.07) is 1.68. The lowest BCUT2D eigenvalue weighted by Gasteiger charge is -1.98. The highest BCUT2D eigenvalue weighted by Gasteiger charge is 2.10. The van der Waals surface area contributed by atoms with Crippen LogP contribution in [0.15, 0.2) is 12.3 Å². The molecule has 2 aromatic rings. The van der Waals surface area contributed by atoms with Crippen LogP contribution in [0.3, 0.4) is 0 Å². The van der Waals surface area contributed by atoms with Crippen LogP contribution in [0.25, 0.3) is 11.0 Å². The van der Waals surface area contributed by atoms with Gasteiger partial charge in [-0.1, -0.05) is 0 Å². The van der Waals surface area contributed by atoms with Gasteiger partial charge in [0.2, 0.25) is 0 Å². The number of carbonyl (C=O) groups excluding carboxylic acids is 1. The fourth-order valence-electron chi connectivity index (χ4n) is 1.32. The SMILES string of the molecule is CNc1n[nH]c2ncc(C(=O)OC)cc12. The number of nitrogens with one attached hydrogen (secondary N) is 2. The van der Waals surface area contributed by atoms with Crippen LogP contribution < -0.4 is 5.32 Å². The Balaban J connectivity index is 2.57. The number of rotatable bonds is 2. The van der Waals surface area contributed by atoms with Gasteiger partial charge in [0.1, 0.15) is 0 Å². The van der Waals surface area contributed by atoms with Crippen molar-refractivity contribution in [1.29, 1.82) is 0 Å². The number of hydrogen-bond acceptors (Lipinski definition) is 5. The van der Waals surface area contributed by atoms with Crippen molar-refractivity contribution in [3.05, 3.63) is 17.8 Å². The van der Waals surface area contributed by atoms with Gasteiger partial charge in [-0.3, -0.25) is 5.10 Å². The van der Waals surface area contributed by atoms with E-state index in [2.05, 4.69) is 25.2 Å². The third-order valence-electron chi connectivity index (χ3n) is 2.07. The first kappa shape index (κ1) is 9.45. The smallest absolute Gasteiger partial charge is 0.339 e. The molecule has 0 aliphatic carbocycles. The highest BCUT2D eigenvalue weighted by atomic mass is 16.5. The highest BCUT2D eigenvalue weighted by Crippen LogP contribution is 2.19. The minimum Gasteiger partial charge on any atom is -0.465 e. The molecule has 2 N–H and O–H groups in total. The molecule has 0 saturated heterocycles. The highest BCUT2D eigenvalue weighted by molar-refractivity contribution is 5.96. The Bertz CT molecular complexity index is 506. The van der Waals surface area contributed by atoms with Gasteiger partial charge in [-0.25, -0.2) is 9.78 Å². The van der Waals surface area contributed by atoms with Crippen LogP contribution >= 0.6 is 0 Å². The Kier molecular flexibility index (Phi) is 2.24. The molecule has 0 bridgehead atoms. The van der Waals surface area contributed by atoms with Crippen LogP contribution in [0.2, 0.25) is 0 Å². The number of aromatic nitrogens is 3. The van der Waals surface area contributed by atoms with Crippen LogP contribution in [0, 0.1) is 0 Å². The maximum atomic E-state index is 11.3. The predicted molar refractivity (Wildman–Crippen MR) is 54.8 cm³/mol. The van der Waals surface area contributed by atoms with Crippen LogP contribution in [0.5, 0.6) is 0 Å². The molecule has 2 rings (SSSR count). The van der Waals surface area contributed by atoms with Gasteiger partial charge in [0, 0.05) is 13.2 Å². The van der Waals surface area contributed by atoms with Gasteiger partial charge in [0.05, 0.1) is 18.1 Å². The Hall–Kier alpha value is -2.11. The summed E-state index contributed by atoms with van der Waals surface area (Å²) < 4.78 is 4.61. The van der Waals surface area contributed by atoms with Gasteiger partial charge in [-0.2, -0.15) is 5.10 Å². The van der Waals surface area contributed by atoms with E-state index in [0.717, 1.165) is 5.39 Å². The fourth-order valence-corrected chi connectivity index (χ4v) is 1.32. The van der Waals surface area contributed by atoms with Crippen molar-refractivity contribution in [2.24, 2.45) is 0 Å². The summed E-state index contributed by atoms with van der Waals surface area (Å²) in [6.07, 6.45) is 1.45. The number of fused-ring (bicyclic) bond motifs is 1. The summed E-state index contributed by atoms with van der Waals surface area (Å²) in [7, 11) is 3.08. The lowest BCUT2D eigenvalue weighted by Crippen LogP contribution is -2.01. The monoisotopic (exact) mass is 206 g/mol. The van der Waals surface area contributed by atoms with E-state index in [1.807, 2.05) is 0 Å². The second-order valence-corrected chi connectivity index (χ2v) is 2.93. The standard InChI is InChI=1S/C9H10N4O2/c1-10-7-6-3-5(9(14)15-2)4-11-8(6)13-12-7/h3-4H,1-2H3,(H2,10,11,12,13). The second-order valence-electron chi connectivity index (χ2n) is 2.93. The zero-order chi connectivity index (χ0) is 10.8. The molecule has 0 aliphatic heterocycles. The zero-order valence-corrected chi connectivity index (χ0v) is 8.37. The molecule has 0 unspecified atom stereocenters. The second kappa shape index (κ2) is 3.56. The number of anilines is 1. The van der Waals surface area contributed by atoms with Crippen LogP contribution in [0.4, 0.5) is 5.82 Å². The summed E-state index contributed by atoms with van der Waals surface area (Å²) in [6.45, 7) is 0. The number of H-pyrrole nitrogens is 1. The molecule has 0 amide bonds. The Morgan fingerprint density at radius 2 is 2.40 bits per heavy atom. The predicted octanol–water partition coefficient (Wildman–Crippen LogP) is 0.786. The van der Waals surface area contributed by atoms with Crippen molar-refractivity contribution in [2.45, 2.75) is 0 Å². The maximum Gasteiger partial charge on any atom is 0.339 e. The minimum absolute atomic E-state index is 0.405. The van der Waals surface area contributed by atoms with Crippen molar-refractivity contribution in [3.63, 3.8) is 0 Å². The number of pyridine rings is 1. The topological polar surface area (TPSA) is 79.9 Å². The average molecular weight is 206 g/mol. The number of ether oxygens (including phenoxy) is 1. The van der Waals surface area contributed by atoms with Gasteiger partial charge in [0.15, 0.2) is 11.5 Å².